The fourth-order valence-electron chi connectivity index (χ4n) is 1.69. The third-order valence-corrected chi connectivity index (χ3v) is 2.72. The lowest BCUT2D eigenvalue weighted by Gasteiger charge is -2.42. The van der Waals surface area contributed by atoms with Crippen molar-refractivity contribution in [1.29, 1.82) is 0 Å². The van der Waals surface area contributed by atoms with Crippen LogP contribution in [0.25, 0.3) is 0 Å². The van der Waals surface area contributed by atoms with Gasteiger partial charge in [-0.2, -0.15) is 0 Å². The lowest BCUT2D eigenvalue weighted by atomic mass is 9.97. The second-order valence-corrected chi connectivity index (χ2v) is 5.45. The van der Waals surface area contributed by atoms with Crippen LogP contribution in [-0.2, 0) is 9.53 Å². The van der Waals surface area contributed by atoms with Crippen LogP contribution in [0.1, 0.15) is 27.7 Å². The summed E-state index contributed by atoms with van der Waals surface area (Å²) >= 11 is 0. The number of ether oxygens (including phenoxy) is 1. The molecule has 3 N–H and O–H groups in total. The third kappa shape index (κ3) is 3.09. The van der Waals surface area contributed by atoms with Gasteiger partial charge in [0.2, 0.25) is 5.91 Å². The van der Waals surface area contributed by atoms with E-state index < -0.39 is 23.1 Å². The summed E-state index contributed by atoms with van der Waals surface area (Å²) < 4.78 is 5.27. The Labute approximate surface area is 101 Å². The zero-order valence-electron chi connectivity index (χ0n) is 10.9. The van der Waals surface area contributed by atoms with Crippen LogP contribution in [0.15, 0.2) is 0 Å². The first-order valence-electron chi connectivity index (χ1n) is 5.68. The standard InChI is InChI=1S/C11H21N3O3/c1-10(2,3)17-9(16)14-6-5-13-7-11(14,4)8(12)15/h13H,5-7H2,1-4H3,(H2,12,15). The second kappa shape index (κ2) is 4.52. The molecule has 1 atom stereocenters. The number of hydrogen-bond acceptors (Lipinski definition) is 4. The molecule has 0 radical (unpaired) electrons. The lowest BCUT2D eigenvalue weighted by Crippen LogP contribution is -2.67. The smallest absolute Gasteiger partial charge is 0.411 e. The van der Waals surface area contributed by atoms with E-state index in [1.54, 1.807) is 27.7 Å². The van der Waals surface area contributed by atoms with E-state index in [1.165, 1.54) is 4.90 Å². The van der Waals surface area contributed by atoms with Crippen LogP contribution in [0, 0.1) is 0 Å². The number of rotatable bonds is 1. The second-order valence-electron chi connectivity index (χ2n) is 5.45. The van der Waals surface area contributed by atoms with Gasteiger partial charge in [0.1, 0.15) is 11.1 Å². The van der Waals surface area contributed by atoms with Crippen LogP contribution in [0.3, 0.4) is 0 Å². The van der Waals surface area contributed by atoms with Crippen molar-refractivity contribution in [2.45, 2.75) is 38.8 Å². The predicted octanol–water partition coefficient (Wildman–Crippen LogP) is 0.0707. The molecule has 1 saturated heterocycles. The summed E-state index contributed by atoms with van der Waals surface area (Å²) in [5, 5.41) is 3.05. The van der Waals surface area contributed by atoms with Gasteiger partial charge in [0, 0.05) is 19.6 Å². The molecule has 1 aliphatic rings. The Morgan fingerprint density at radius 3 is 2.47 bits per heavy atom. The van der Waals surface area contributed by atoms with Crippen LogP contribution >= 0.6 is 0 Å². The van der Waals surface area contributed by atoms with Crippen LogP contribution < -0.4 is 11.1 Å². The molecule has 0 aromatic carbocycles. The van der Waals surface area contributed by atoms with Crippen molar-refractivity contribution in [3.63, 3.8) is 0 Å². The molecule has 1 heterocycles. The molecule has 1 fully saturated rings. The topological polar surface area (TPSA) is 84.7 Å². The predicted molar refractivity (Wildman–Crippen MR) is 63.4 cm³/mol. The molecule has 6 nitrogen and oxygen atoms in total. The van der Waals surface area contributed by atoms with E-state index in [9.17, 15) is 9.59 Å². The van der Waals surface area contributed by atoms with Crippen molar-refractivity contribution in [1.82, 2.24) is 10.2 Å². The Balaban J connectivity index is 2.86. The number of nitrogens with two attached hydrogens (primary N) is 1. The summed E-state index contributed by atoms with van der Waals surface area (Å²) in [7, 11) is 0. The molecule has 1 rings (SSSR count). The van der Waals surface area contributed by atoms with Crippen LogP contribution in [-0.4, -0.2) is 47.7 Å². The molecular formula is C11H21N3O3. The molecule has 17 heavy (non-hydrogen) atoms. The number of nitrogens with one attached hydrogen (secondary N) is 1. The monoisotopic (exact) mass is 243 g/mol. The summed E-state index contributed by atoms with van der Waals surface area (Å²) in [6, 6.07) is 0. The maximum atomic E-state index is 12.0. The Kier molecular flexibility index (Phi) is 3.66. The van der Waals surface area contributed by atoms with E-state index in [-0.39, 0.29) is 0 Å². The summed E-state index contributed by atoms with van der Waals surface area (Å²) in [5.74, 6) is -0.532. The molecule has 98 valence electrons. The van der Waals surface area contributed by atoms with Gasteiger partial charge in [-0.25, -0.2) is 4.79 Å². The maximum absolute atomic E-state index is 12.0. The summed E-state index contributed by atoms with van der Waals surface area (Å²) in [4.78, 5) is 24.9. The maximum Gasteiger partial charge on any atom is 0.411 e. The zero-order chi connectivity index (χ0) is 13.3. The van der Waals surface area contributed by atoms with Crippen molar-refractivity contribution < 1.29 is 14.3 Å². The normalized spacial score (nSPS) is 25.5. The number of amides is 2. The van der Waals surface area contributed by atoms with Gasteiger partial charge < -0.3 is 15.8 Å². The Morgan fingerprint density at radius 2 is 2.00 bits per heavy atom. The summed E-state index contributed by atoms with van der Waals surface area (Å²) in [6.07, 6.45) is -0.500. The highest BCUT2D eigenvalue weighted by molar-refractivity contribution is 5.88. The molecule has 0 aromatic rings. The first-order chi connectivity index (χ1) is 7.67. The minimum absolute atomic E-state index is 0.349. The van der Waals surface area contributed by atoms with Crippen molar-refractivity contribution >= 4 is 12.0 Å². The fourth-order valence-corrected chi connectivity index (χ4v) is 1.69. The summed E-state index contributed by atoms with van der Waals surface area (Å²) in [6.45, 7) is 8.39. The molecular weight excluding hydrogens is 222 g/mol. The van der Waals surface area contributed by atoms with Crippen LogP contribution in [0.4, 0.5) is 4.79 Å². The van der Waals surface area contributed by atoms with Gasteiger partial charge in [-0.05, 0) is 27.7 Å². The highest BCUT2D eigenvalue weighted by Gasteiger charge is 2.44. The van der Waals surface area contributed by atoms with Gasteiger partial charge in [-0.1, -0.05) is 0 Å². The molecule has 0 bridgehead atoms. The SMILES string of the molecule is CC(C)(C)OC(=O)N1CCNCC1(C)C(N)=O. The zero-order valence-corrected chi connectivity index (χ0v) is 10.9. The van der Waals surface area contributed by atoms with E-state index in [4.69, 9.17) is 10.5 Å². The Hall–Kier alpha value is -1.30. The molecule has 0 saturated carbocycles. The van der Waals surface area contributed by atoms with Crippen LogP contribution in [0.5, 0.6) is 0 Å². The first-order valence-corrected chi connectivity index (χ1v) is 5.68. The molecule has 1 unspecified atom stereocenters. The van der Waals surface area contributed by atoms with Crippen molar-refractivity contribution in [3.05, 3.63) is 0 Å². The van der Waals surface area contributed by atoms with Crippen molar-refractivity contribution in [3.8, 4) is 0 Å². The van der Waals surface area contributed by atoms with Crippen LogP contribution in [0.2, 0.25) is 0 Å². The number of primary amides is 1. The van der Waals surface area contributed by atoms with Gasteiger partial charge >= 0.3 is 6.09 Å². The van der Waals surface area contributed by atoms with E-state index in [1.807, 2.05) is 0 Å². The quantitative estimate of drug-likeness (QED) is 0.682. The molecule has 0 aliphatic carbocycles. The number of piperazine rings is 1. The molecule has 0 aromatic heterocycles. The highest BCUT2D eigenvalue weighted by atomic mass is 16.6. The average Bonchev–Trinajstić information content (AvgIpc) is 2.15. The first kappa shape index (κ1) is 13.8. The van der Waals surface area contributed by atoms with Gasteiger partial charge in [0.25, 0.3) is 0 Å². The molecule has 2 amide bonds. The minimum Gasteiger partial charge on any atom is -0.444 e. The average molecular weight is 243 g/mol. The molecule has 0 spiro atoms. The largest absolute Gasteiger partial charge is 0.444 e. The fraction of sp³-hybridized carbons (Fsp3) is 0.818. The number of hydrogen-bond donors (Lipinski definition) is 2. The highest BCUT2D eigenvalue weighted by Crippen LogP contribution is 2.20. The van der Waals surface area contributed by atoms with Gasteiger partial charge in [0.15, 0.2) is 0 Å². The number of nitrogens with zero attached hydrogens (tertiary/aromatic N) is 1. The van der Waals surface area contributed by atoms with Gasteiger partial charge in [-0.3, -0.25) is 9.69 Å². The summed E-state index contributed by atoms with van der Waals surface area (Å²) in [5.41, 5.74) is 3.75. The Bertz CT molecular complexity index is 324. The lowest BCUT2D eigenvalue weighted by molar-refractivity contribution is -0.130. The number of carbonyl (C=O) groups excluding carboxylic acids is 2. The molecule has 6 heteroatoms. The number of carbonyl (C=O) groups is 2. The van der Waals surface area contributed by atoms with Crippen molar-refractivity contribution in [2.75, 3.05) is 19.6 Å². The Morgan fingerprint density at radius 1 is 1.41 bits per heavy atom. The van der Waals surface area contributed by atoms with E-state index in [0.29, 0.717) is 19.6 Å². The third-order valence-electron chi connectivity index (χ3n) is 2.72. The van der Waals surface area contributed by atoms with Crippen molar-refractivity contribution in [2.24, 2.45) is 5.73 Å². The minimum atomic E-state index is -1.03. The van der Waals surface area contributed by atoms with Gasteiger partial charge in [-0.15, -0.1) is 0 Å². The van der Waals surface area contributed by atoms with E-state index in [0.717, 1.165) is 0 Å². The van der Waals surface area contributed by atoms with Gasteiger partial charge in [0.05, 0.1) is 0 Å². The van der Waals surface area contributed by atoms with E-state index >= 15 is 0 Å². The van der Waals surface area contributed by atoms with E-state index in [2.05, 4.69) is 5.32 Å². The molecule has 1 aliphatic heterocycles.